The lowest BCUT2D eigenvalue weighted by atomic mass is 10.1. The Morgan fingerprint density at radius 1 is 1.36 bits per heavy atom. The van der Waals surface area contributed by atoms with Gasteiger partial charge in [-0.1, -0.05) is 6.07 Å². The fourth-order valence-corrected chi connectivity index (χ4v) is 3.68. The first-order valence-corrected chi connectivity index (χ1v) is 10.1. The molecule has 6 nitrogen and oxygen atoms in total. The fourth-order valence-electron chi connectivity index (χ4n) is 3.68. The molecule has 28 heavy (non-hydrogen) atoms. The zero-order chi connectivity index (χ0) is 19.8. The lowest BCUT2D eigenvalue weighted by Gasteiger charge is -2.35. The number of benzene rings is 1. The molecule has 2 aliphatic heterocycles. The average molecular weight is 388 g/mol. The molecule has 2 aliphatic rings. The highest BCUT2D eigenvalue weighted by Crippen LogP contribution is 2.18. The summed E-state index contributed by atoms with van der Waals surface area (Å²) in [7, 11) is 1.74. The number of piperidine rings is 1. The number of aliphatic imine (C=N–C) groups is 1. The summed E-state index contributed by atoms with van der Waals surface area (Å²) in [5.74, 6) is 0.386. The van der Waals surface area contributed by atoms with Gasteiger partial charge >= 0.3 is 0 Å². The number of nitriles is 1. The third-order valence-corrected chi connectivity index (χ3v) is 5.36. The van der Waals surface area contributed by atoms with Crippen LogP contribution in [0, 0.1) is 17.1 Å². The number of likely N-dealkylation sites (tertiary alicyclic amines) is 1. The second-order valence-corrected chi connectivity index (χ2v) is 7.33. The molecule has 2 saturated heterocycles. The number of ether oxygens (including phenoxy) is 2. The van der Waals surface area contributed by atoms with Gasteiger partial charge in [-0.3, -0.25) is 4.99 Å². The van der Waals surface area contributed by atoms with Crippen LogP contribution < -0.4 is 5.32 Å². The minimum Gasteiger partial charge on any atom is -0.376 e. The molecule has 1 N–H and O–H groups in total. The van der Waals surface area contributed by atoms with Crippen molar-refractivity contribution >= 4 is 5.96 Å². The molecule has 0 amide bonds. The van der Waals surface area contributed by atoms with Crippen molar-refractivity contribution in [1.29, 1.82) is 5.26 Å². The molecule has 0 aliphatic carbocycles. The third kappa shape index (κ3) is 5.66. The summed E-state index contributed by atoms with van der Waals surface area (Å²) in [6.45, 7) is 3.58. The molecule has 0 saturated carbocycles. The van der Waals surface area contributed by atoms with Crippen molar-refractivity contribution < 1.29 is 13.9 Å². The number of rotatable bonds is 5. The summed E-state index contributed by atoms with van der Waals surface area (Å²) in [5.41, 5.74) is 0.845. The van der Waals surface area contributed by atoms with Gasteiger partial charge in [0.2, 0.25) is 0 Å². The van der Waals surface area contributed by atoms with Gasteiger partial charge in [-0.25, -0.2) is 4.39 Å². The number of nitrogens with zero attached hydrogens (tertiary/aromatic N) is 3. The summed E-state index contributed by atoms with van der Waals surface area (Å²) in [5, 5.41) is 12.1. The van der Waals surface area contributed by atoms with Crippen LogP contribution in [0.3, 0.4) is 0 Å². The zero-order valence-corrected chi connectivity index (χ0v) is 16.5. The van der Waals surface area contributed by atoms with Gasteiger partial charge in [0.15, 0.2) is 5.96 Å². The molecular formula is C21H29FN4O2. The van der Waals surface area contributed by atoms with Gasteiger partial charge in [0.1, 0.15) is 5.82 Å². The van der Waals surface area contributed by atoms with Crippen LogP contribution in [0.25, 0.3) is 0 Å². The molecule has 0 aromatic heterocycles. The van der Waals surface area contributed by atoms with Gasteiger partial charge in [-0.2, -0.15) is 5.26 Å². The van der Waals surface area contributed by atoms with E-state index in [2.05, 4.69) is 15.2 Å². The lowest BCUT2D eigenvalue weighted by molar-refractivity contribution is -0.0721. The Morgan fingerprint density at radius 3 is 2.82 bits per heavy atom. The van der Waals surface area contributed by atoms with Crippen molar-refractivity contribution in [3.63, 3.8) is 0 Å². The van der Waals surface area contributed by atoms with Crippen molar-refractivity contribution in [1.82, 2.24) is 10.2 Å². The molecule has 0 bridgehead atoms. The molecule has 3 rings (SSSR count). The molecule has 2 heterocycles. The van der Waals surface area contributed by atoms with Crippen LogP contribution in [0.15, 0.2) is 23.2 Å². The number of hydrogen-bond acceptors (Lipinski definition) is 4. The molecule has 2 fully saturated rings. The third-order valence-electron chi connectivity index (χ3n) is 5.36. The van der Waals surface area contributed by atoms with E-state index in [-0.39, 0.29) is 18.0 Å². The lowest BCUT2D eigenvalue weighted by Crippen LogP contribution is -2.47. The number of nitrogens with one attached hydrogen (secondary N) is 1. The van der Waals surface area contributed by atoms with Crippen LogP contribution >= 0.6 is 0 Å². The standard InChI is InChI=1S/C21H29FN4O2/c1-24-21(25-14-17-6-5-16(13-23)12-20(17)22)26-9-7-18(8-10-26)28-15-19-4-2-3-11-27-19/h5-6,12,18-19H,2-4,7-11,14-15H2,1H3,(H,24,25). The first-order chi connectivity index (χ1) is 13.7. The largest absolute Gasteiger partial charge is 0.376 e. The quantitative estimate of drug-likeness (QED) is 0.620. The molecule has 1 aromatic carbocycles. The van der Waals surface area contributed by atoms with Crippen LogP contribution in [0.2, 0.25) is 0 Å². The highest BCUT2D eigenvalue weighted by Gasteiger charge is 2.23. The second-order valence-electron chi connectivity index (χ2n) is 7.33. The Morgan fingerprint density at radius 2 is 2.18 bits per heavy atom. The van der Waals surface area contributed by atoms with E-state index in [9.17, 15) is 4.39 Å². The zero-order valence-electron chi connectivity index (χ0n) is 16.5. The minimum atomic E-state index is -0.376. The summed E-state index contributed by atoms with van der Waals surface area (Å²) >= 11 is 0. The van der Waals surface area contributed by atoms with Gasteiger partial charge in [0.05, 0.1) is 30.4 Å². The van der Waals surface area contributed by atoms with E-state index in [1.54, 1.807) is 19.2 Å². The maximum atomic E-state index is 14.1. The van der Waals surface area contributed by atoms with Gasteiger partial charge < -0.3 is 19.7 Å². The van der Waals surface area contributed by atoms with E-state index in [0.29, 0.717) is 24.3 Å². The monoisotopic (exact) mass is 388 g/mol. The highest BCUT2D eigenvalue weighted by molar-refractivity contribution is 5.80. The summed E-state index contributed by atoms with van der Waals surface area (Å²) in [6, 6.07) is 6.48. The van der Waals surface area contributed by atoms with E-state index in [4.69, 9.17) is 14.7 Å². The predicted molar refractivity (Wildman–Crippen MR) is 105 cm³/mol. The fraction of sp³-hybridized carbons (Fsp3) is 0.619. The summed E-state index contributed by atoms with van der Waals surface area (Å²) in [4.78, 5) is 6.51. The van der Waals surface area contributed by atoms with Gasteiger partial charge in [-0.05, 0) is 44.2 Å². The first-order valence-electron chi connectivity index (χ1n) is 10.1. The SMILES string of the molecule is CN=C(NCc1ccc(C#N)cc1F)N1CCC(OCC2CCCCO2)CC1. The molecule has 1 aromatic rings. The molecule has 152 valence electrons. The number of hydrogen-bond donors (Lipinski definition) is 1. The predicted octanol–water partition coefficient (Wildman–Crippen LogP) is 2.82. The highest BCUT2D eigenvalue weighted by atomic mass is 19.1. The minimum absolute atomic E-state index is 0.253. The Hall–Kier alpha value is -2.17. The van der Waals surface area contributed by atoms with Crippen molar-refractivity contribution in [3.05, 3.63) is 35.1 Å². The van der Waals surface area contributed by atoms with Crippen LogP contribution in [-0.2, 0) is 16.0 Å². The van der Waals surface area contributed by atoms with Crippen LogP contribution in [0.1, 0.15) is 43.2 Å². The van der Waals surface area contributed by atoms with E-state index in [1.165, 1.54) is 12.5 Å². The van der Waals surface area contributed by atoms with E-state index in [1.807, 2.05) is 6.07 Å². The normalized spacial score (nSPS) is 21.4. The Kier molecular flexibility index (Phi) is 7.63. The Bertz CT molecular complexity index is 705. The van der Waals surface area contributed by atoms with E-state index >= 15 is 0 Å². The van der Waals surface area contributed by atoms with Gasteiger partial charge in [-0.15, -0.1) is 0 Å². The van der Waals surface area contributed by atoms with E-state index in [0.717, 1.165) is 51.3 Å². The topological polar surface area (TPSA) is 69.9 Å². The van der Waals surface area contributed by atoms with Gasteiger partial charge in [0, 0.05) is 38.9 Å². The first kappa shape index (κ1) is 20.6. The van der Waals surface area contributed by atoms with Crippen LogP contribution in [0.4, 0.5) is 4.39 Å². The summed E-state index contributed by atoms with van der Waals surface area (Å²) < 4.78 is 25.8. The Labute approximate surface area is 166 Å². The van der Waals surface area contributed by atoms with Crippen LogP contribution in [0.5, 0.6) is 0 Å². The smallest absolute Gasteiger partial charge is 0.193 e. The second kappa shape index (κ2) is 10.4. The Balaban J connectivity index is 1.42. The average Bonchev–Trinajstić information content (AvgIpc) is 2.75. The molecule has 1 unspecified atom stereocenters. The van der Waals surface area contributed by atoms with E-state index < -0.39 is 0 Å². The summed E-state index contributed by atoms with van der Waals surface area (Å²) in [6.07, 6.45) is 5.89. The molecule has 0 spiro atoms. The van der Waals surface area contributed by atoms with Crippen molar-refractivity contribution in [2.24, 2.45) is 4.99 Å². The number of halogens is 1. The van der Waals surface area contributed by atoms with Crippen molar-refractivity contribution in [2.45, 2.75) is 50.9 Å². The number of guanidine groups is 1. The van der Waals surface area contributed by atoms with Crippen molar-refractivity contribution in [3.8, 4) is 6.07 Å². The molecular weight excluding hydrogens is 359 g/mol. The maximum absolute atomic E-state index is 14.1. The van der Waals surface area contributed by atoms with Crippen LogP contribution in [-0.4, -0.2) is 56.4 Å². The molecule has 1 atom stereocenters. The van der Waals surface area contributed by atoms with Crippen molar-refractivity contribution in [2.75, 3.05) is 33.4 Å². The van der Waals surface area contributed by atoms with Gasteiger partial charge in [0.25, 0.3) is 0 Å². The maximum Gasteiger partial charge on any atom is 0.193 e. The molecule has 0 radical (unpaired) electrons. The molecule has 7 heteroatoms.